The van der Waals surface area contributed by atoms with Crippen LogP contribution >= 0.6 is 0 Å². The number of esters is 1. The van der Waals surface area contributed by atoms with Gasteiger partial charge >= 0.3 is 5.97 Å². The van der Waals surface area contributed by atoms with Crippen LogP contribution in [-0.4, -0.2) is 41.5 Å². The average Bonchev–Trinajstić information content (AvgIpc) is 2.93. The molecule has 0 amide bonds. The highest BCUT2D eigenvalue weighted by Gasteiger charge is 2.18. The first kappa shape index (κ1) is 27.0. The van der Waals surface area contributed by atoms with Crippen molar-refractivity contribution in [2.45, 2.75) is 17.9 Å². The number of methoxy groups -OCH3 is 1. The molecule has 4 aromatic rings. The molecular formula is C26H23N5O7S. The van der Waals surface area contributed by atoms with Gasteiger partial charge in [0.25, 0.3) is 15.7 Å². The van der Waals surface area contributed by atoms with Crippen LogP contribution in [0.15, 0.2) is 83.9 Å². The van der Waals surface area contributed by atoms with E-state index in [2.05, 4.69) is 20.0 Å². The van der Waals surface area contributed by atoms with Crippen molar-refractivity contribution in [3.63, 3.8) is 0 Å². The molecule has 0 spiro atoms. The van der Waals surface area contributed by atoms with Crippen molar-refractivity contribution in [1.29, 1.82) is 0 Å². The van der Waals surface area contributed by atoms with Crippen molar-refractivity contribution >= 4 is 33.4 Å². The van der Waals surface area contributed by atoms with Crippen LogP contribution in [0, 0.1) is 10.1 Å². The fraction of sp³-hybridized carbons (Fsp3) is 0.115. The van der Waals surface area contributed by atoms with Crippen LogP contribution in [0.3, 0.4) is 0 Å². The van der Waals surface area contributed by atoms with Crippen LogP contribution < -0.4 is 10.0 Å². The highest BCUT2D eigenvalue weighted by molar-refractivity contribution is 7.92. The molecule has 4 rings (SSSR count). The smallest absolute Gasteiger partial charge is 0.341 e. The number of hydrogen-bond acceptors (Lipinski definition) is 10. The minimum Gasteiger partial charge on any atom is -0.507 e. The van der Waals surface area contributed by atoms with Gasteiger partial charge in [0.05, 0.1) is 23.0 Å². The minimum atomic E-state index is -4.03. The molecule has 1 atom stereocenters. The maximum atomic E-state index is 12.7. The monoisotopic (exact) mass is 549 g/mol. The zero-order chi connectivity index (χ0) is 28.2. The van der Waals surface area contributed by atoms with Crippen molar-refractivity contribution in [1.82, 2.24) is 9.97 Å². The average molecular weight is 550 g/mol. The van der Waals surface area contributed by atoms with E-state index < -0.39 is 20.9 Å². The summed E-state index contributed by atoms with van der Waals surface area (Å²) in [7, 11) is -2.79. The van der Waals surface area contributed by atoms with Crippen molar-refractivity contribution in [3.05, 3.63) is 100 Å². The Balaban J connectivity index is 1.46. The van der Waals surface area contributed by atoms with Gasteiger partial charge in [0.1, 0.15) is 17.1 Å². The first-order valence-electron chi connectivity index (χ1n) is 11.5. The predicted octanol–water partition coefficient (Wildman–Crippen LogP) is 4.52. The Kier molecular flexibility index (Phi) is 7.72. The minimum absolute atomic E-state index is 0.0159. The van der Waals surface area contributed by atoms with Gasteiger partial charge in [0.15, 0.2) is 0 Å². The van der Waals surface area contributed by atoms with Crippen LogP contribution in [-0.2, 0) is 14.8 Å². The van der Waals surface area contributed by atoms with E-state index >= 15 is 0 Å². The summed E-state index contributed by atoms with van der Waals surface area (Å²) < 4.78 is 32.4. The number of nitro groups is 1. The van der Waals surface area contributed by atoms with Gasteiger partial charge in [-0.2, -0.15) is 4.98 Å². The highest BCUT2D eigenvalue weighted by Crippen LogP contribution is 2.28. The van der Waals surface area contributed by atoms with Crippen LogP contribution in [0.5, 0.6) is 5.75 Å². The number of nitrogens with one attached hydrogen (secondary N) is 2. The second-order valence-corrected chi connectivity index (χ2v) is 10.0. The normalized spacial score (nSPS) is 11.8. The number of anilines is 2. The number of carbonyl (C=O) groups excluding carboxylic acids is 1. The van der Waals surface area contributed by atoms with Crippen LogP contribution in [0.2, 0.25) is 0 Å². The number of sulfonamides is 1. The Labute approximate surface area is 223 Å². The van der Waals surface area contributed by atoms with E-state index in [4.69, 9.17) is 4.74 Å². The van der Waals surface area contributed by atoms with Gasteiger partial charge in [0.2, 0.25) is 5.95 Å². The molecule has 1 heterocycles. The fourth-order valence-electron chi connectivity index (χ4n) is 3.66. The van der Waals surface area contributed by atoms with Crippen molar-refractivity contribution < 1.29 is 28.0 Å². The summed E-state index contributed by atoms with van der Waals surface area (Å²) >= 11 is 0. The molecule has 0 unspecified atom stereocenters. The number of aromatic hydroxyl groups is 1. The lowest BCUT2D eigenvalue weighted by molar-refractivity contribution is -0.384. The van der Waals surface area contributed by atoms with Crippen LogP contribution in [0.25, 0.3) is 11.1 Å². The number of benzene rings is 3. The molecule has 0 fully saturated rings. The molecule has 0 radical (unpaired) electrons. The Bertz CT molecular complexity index is 1630. The Morgan fingerprint density at radius 2 is 1.69 bits per heavy atom. The number of rotatable bonds is 9. The standard InChI is InChI=1S/C26H23N5O7S/c1-16(17-3-5-18(6-4-17)19-7-12-23(32)22(15-19)25(33)38-2)28-26-27-14-13-24(29-26)30-39(36,37)21-10-8-20(9-11-21)31(34)35/h3-16,32H,1-2H3,(H2,27,28,29,30)/t16-/m0/s1. The quantitative estimate of drug-likeness (QED) is 0.153. The molecule has 13 heteroatoms. The molecule has 0 saturated heterocycles. The maximum absolute atomic E-state index is 12.7. The summed E-state index contributed by atoms with van der Waals surface area (Å²) in [5.74, 6) is -0.614. The number of carbonyl (C=O) groups is 1. The van der Waals surface area contributed by atoms with Gasteiger partial charge in [-0.1, -0.05) is 30.3 Å². The first-order chi connectivity index (χ1) is 18.6. The van der Waals surface area contributed by atoms with Gasteiger partial charge in [-0.15, -0.1) is 0 Å². The largest absolute Gasteiger partial charge is 0.507 e. The third kappa shape index (κ3) is 6.27. The SMILES string of the molecule is COC(=O)c1cc(-c2ccc([C@H](C)Nc3nccc(NS(=O)(=O)c4ccc([N+](=O)[O-])cc4)n3)cc2)ccc1O. The summed E-state index contributed by atoms with van der Waals surface area (Å²) in [6.07, 6.45) is 1.39. The van der Waals surface area contributed by atoms with E-state index in [0.717, 1.165) is 41.0 Å². The second kappa shape index (κ2) is 11.1. The number of nitrogens with zero attached hydrogens (tertiary/aromatic N) is 3. The lowest BCUT2D eigenvalue weighted by atomic mass is 9.99. The van der Waals surface area contributed by atoms with Crippen molar-refractivity contribution in [2.24, 2.45) is 0 Å². The molecule has 0 aliphatic carbocycles. The Morgan fingerprint density at radius 3 is 2.33 bits per heavy atom. The molecule has 0 aliphatic rings. The molecule has 0 saturated carbocycles. The summed E-state index contributed by atoms with van der Waals surface area (Å²) in [6, 6.07) is 17.7. The third-order valence-electron chi connectivity index (χ3n) is 5.74. The van der Waals surface area contributed by atoms with Gasteiger partial charge in [-0.05, 0) is 53.9 Å². The lowest BCUT2D eigenvalue weighted by Crippen LogP contribution is -2.15. The van der Waals surface area contributed by atoms with E-state index in [1.54, 1.807) is 12.1 Å². The summed E-state index contributed by atoms with van der Waals surface area (Å²) in [4.78, 5) is 30.3. The second-order valence-electron chi connectivity index (χ2n) is 8.33. The maximum Gasteiger partial charge on any atom is 0.341 e. The van der Waals surface area contributed by atoms with Gasteiger partial charge in [-0.3, -0.25) is 14.8 Å². The number of phenolic OH excluding ortho intramolecular Hbond substituents is 1. The predicted molar refractivity (Wildman–Crippen MR) is 143 cm³/mol. The van der Waals surface area contributed by atoms with Crippen molar-refractivity contribution in [3.8, 4) is 16.9 Å². The van der Waals surface area contributed by atoms with E-state index in [1.807, 2.05) is 31.2 Å². The summed E-state index contributed by atoms with van der Waals surface area (Å²) in [6.45, 7) is 1.88. The summed E-state index contributed by atoms with van der Waals surface area (Å²) in [5.41, 5.74) is 2.26. The number of ether oxygens (including phenoxy) is 1. The number of nitro benzene ring substituents is 1. The van der Waals surface area contributed by atoms with Gasteiger partial charge in [-0.25, -0.2) is 18.2 Å². The first-order valence-corrected chi connectivity index (χ1v) is 12.9. The molecular weight excluding hydrogens is 526 g/mol. The third-order valence-corrected chi connectivity index (χ3v) is 7.11. The van der Waals surface area contributed by atoms with Crippen LogP contribution in [0.1, 0.15) is 28.9 Å². The number of phenols is 1. The highest BCUT2D eigenvalue weighted by atomic mass is 32.2. The number of aromatic nitrogens is 2. The van der Waals surface area contributed by atoms with E-state index in [-0.39, 0.29) is 39.7 Å². The van der Waals surface area contributed by atoms with Crippen molar-refractivity contribution in [2.75, 3.05) is 17.1 Å². The zero-order valence-corrected chi connectivity index (χ0v) is 21.5. The molecule has 1 aromatic heterocycles. The topological polar surface area (TPSA) is 174 Å². The number of non-ortho nitro benzene ring substituents is 1. The van der Waals surface area contributed by atoms with E-state index in [1.165, 1.54) is 25.4 Å². The van der Waals surface area contributed by atoms with Gasteiger partial charge < -0.3 is 15.2 Å². The van der Waals surface area contributed by atoms with E-state index in [9.17, 15) is 28.4 Å². The molecule has 39 heavy (non-hydrogen) atoms. The number of hydrogen-bond donors (Lipinski definition) is 3. The molecule has 0 aliphatic heterocycles. The molecule has 3 N–H and O–H groups in total. The Morgan fingerprint density at radius 1 is 1.03 bits per heavy atom. The van der Waals surface area contributed by atoms with Gasteiger partial charge in [0, 0.05) is 18.3 Å². The fourth-order valence-corrected chi connectivity index (χ4v) is 4.66. The molecule has 12 nitrogen and oxygen atoms in total. The lowest BCUT2D eigenvalue weighted by Gasteiger charge is -2.16. The van der Waals surface area contributed by atoms with E-state index in [0.29, 0.717) is 0 Å². The molecule has 0 bridgehead atoms. The molecule has 200 valence electrons. The Hall–Kier alpha value is -5.04. The summed E-state index contributed by atoms with van der Waals surface area (Å²) in [5, 5.41) is 23.9. The van der Waals surface area contributed by atoms with Crippen LogP contribution in [0.4, 0.5) is 17.5 Å². The molecule has 3 aromatic carbocycles. The zero-order valence-electron chi connectivity index (χ0n) is 20.7.